The molecule has 1 saturated heterocycles. The molecule has 1 N–H and O–H groups in total. The first kappa shape index (κ1) is 25.8. The average Bonchev–Trinajstić information content (AvgIpc) is 2.82. The van der Waals surface area contributed by atoms with Crippen LogP contribution in [0.1, 0.15) is 16.7 Å². The highest BCUT2D eigenvalue weighted by Gasteiger charge is 2.37. The van der Waals surface area contributed by atoms with Crippen LogP contribution in [-0.4, -0.2) is 25.0 Å². The number of aryl methyl sites for hydroxylation is 1. The van der Waals surface area contributed by atoms with E-state index in [1.165, 1.54) is 13.2 Å². The normalized spacial score (nSPS) is 14.8. The third-order valence-corrected chi connectivity index (χ3v) is 6.48. The van der Waals surface area contributed by atoms with Crippen molar-refractivity contribution in [3.63, 3.8) is 0 Å². The molecule has 1 aliphatic rings. The molecule has 7 nitrogen and oxygen atoms in total. The molecule has 0 saturated carbocycles. The molecule has 3 aromatic rings. The van der Waals surface area contributed by atoms with Gasteiger partial charge in [0.25, 0.3) is 11.8 Å². The summed E-state index contributed by atoms with van der Waals surface area (Å²) >= 11 is 15.5. The number of anilines is 1. The number of imide groups is 2. The van der Waals surface area contributed by atoms with Crippen LogP contribution in [0.4, 0.5) is 10.5 Å². The van der Waals surface area contributed by atoms with E-state index in [1.807, 2.05) is 0 Å². The van der Waals surface area contributed by atoms with Gasteiger partial charge in [-0.1, -0.05) is 51.3 Å². The summed E-state index contributed by atoms with van der Waals surface area (Å²) in [6, 6.07) is 14.4. The highest BCUT2D eigenvalue weighted by molar-refractivity contribution is 9.10. The Kier molecular flexibility index (Phi) is 7.68. The van der Waals surface area contributed by atoms with Crippen molar-refractivity contribution in [2.45, 2.75) is 13.5 Å². The smallest absolute Gasteiger partial charge is 0.335 e. The fourth-order valence-electron chi connectivity index (χ4n) is 3.60. The van der Waals surface area contributed by atoms with Crippen molar-refractivity contribution in [1.82, 2.24) is 5.32 Å². The van der Waals surface area contributed by atoms with Crippen LogP contribution in [0.3, 0.4) is 0 Å². The molecule has 36 heavy (non-hydrogen) atoms. The lowest BCUT2D eigenvalue weighted by molar-refractivity contribution is -0.122. The molecule has 0 atom stereocenters. The van der Waals surface area contributed by atoms with Crippen LogP contribution in [0, 0.1) is 6.92 Å². The zero-order valence-electron chi connectivity index (χ0n) is 19.1. The van der Waals surface area contributed by atoms with Gasteiger partial charge in [-0.2, -0.15) is 0 Å². The Labute approximate surface area is 225 Å². The zero-order valence-corrected chi connectivity index (χ0v) is 22.2. The van der Waals surface area contributed by atoms with Crippen LogP contribution in [0.2, 0.25) is 10.0 Å². The van der Waals surface area contributed by atoms with Gasteiger partial charge in [0, 0.05) is 20.1 Å². The minimum Gasteiger partial charge on any atom is -0.493 e. The topological polar surface area (TPSA) is 84.9 Å². The Morgan fingerprint density at radius 2 is 1.78 bits per heavy atom. The van der Waals surface area contributed by atoms with Crippen molar-refractivity contribution in [1.29, 1.82) is 0 Å². The van der Waals surface area contributed by atoms with Crippen LogP contribution in [0.25, 0.3) is 6.08 Å². The molecule has 0 unspecified atom stereocenters. The third kappa shape index (κ3) is 5.41. The minimum absolute atomic E-state index is 0.178. The Bertz CT molecular complexity index is 1420. The number of amides is 4. The fraction of sp³-hybridized carbons (Fsp3) is 0.115. The second-order valence-electron chi connectivity index (χ2n) is 7.82. The van der Waals surface area contributed by atoms with Crippen molar-refractivity contribution >= 4 is 68.7 Å². The van der Waals surface area contributed by atoms with Crippen molar-refractivity contribution in [3.05, 3.63) is 91.4 Å². The molecule has 0 bridgehead atoms. The van der Waals surface area contributed by atoms with Gasteiger partial charge in [-0.3, -0.25) is 14.9 Å². The molecule has 184 valence electrons. The molecule has 0 radical (unpaired) electrons. The van der Waals surface area contributed by atoms with E-state index in [-0.39, 0.29) is 12.2 Å². The second kappa shape index (κ2) is 10.7. The average molecular weight is 590 g/mol. The van der Waals surface area contributed by atoms with Crippen LogP contribution in [0.15, 0.2) is 64.6 Å². The van der Waals surface area contributed by atoms with E-state index in [0.717, 1.165) is 14.9 Å². The van der Waals surface area contributed by atoms with Crippen molar-refractivity contribution in [3.8, 4) is 11.5 Å². The van der Waals surface area contributed by atoms with Gasteiger partial charge >= 0.3 is 6.03 Å². The first-order valence-corrected chi connectivity index (χ1v) is 12.1. The molecule has 10 heteroatoms. The first-order chi connectivity index (χ1) is 17.2. The van der Waals surface area contributed by atoms with Crippen LogP contribution < -0.4 is 19.7 Å². The molecule has 1 aliphatic heterocycles. The number of urea groups is 1. The predicted molar refractivity (Wildman–Crippen MR) is 142 cm³/mol. The highest BCUT2D eigenvalue weighted by atomic mass is 79.9. The largest absolute Gasteiger partial charge is 0.493 e. The quantitative estimate of drug-likeness (QED) is 0.269. The Morgan fingerprint density at radius 3 is 2.47 bits per heavy atom. The Balaban J connectivity index is 1.61. The lowest BCUT2D eigenvalue weighted by Gasteiger charge is -2.27. The van der Waals surface area contributed by atoms with E-state index in [2.05, 4.69) is 21.2 Å². The summed E-state index contributed by atoms with van der Waals surface area (Å²) in [4.78, 5) is 39.2. The van der Waals surface area contributed by atoms with E-state index in [1.54, 1.807) is 61.5 Å². The molecule has 4 rings (SSSR count). The van der Waals surface area contributed by atoms with E-state index in [0.29, 0.717) is 38.4 Å². The number of methoxy groups -OCH3 is 1. The van der Waals surface area contributed by atoms with E-state index < -0.39 is 17.8 Å². The van der Waals surface area contributed by atoms with Gasteiger partial charge in [0.15, 0.2) is 11.5 Å². The predicted octanol–water partition coefficient (Wildman–Crippen LogP) is 6.32. The molecule has 1 heterocycles. The molecule has 0 spiro atoms. The van der Waals surface area contributed by atoms with Crippen LogP contribution >= 0.6 is 39.1 Å². The molecule has 0 aliphatic carbocycles. The number of nitrogens with one attached hydrogen (secondary N) is 1. The number of benzene rings is 3. The monoisotopic (exact) mass is 588 g/mol. The summed E-state index contributed by atoms with van der Waals surface area (Å²) < 4.78 is 12.1. The number of carbonyl (C=O) groups excluding carboxylic acids is 3. The summed E-state index contributed by atoms with van der Waals surface area (Å²) in [6.07, 6.45) is 1.40. The summed E-state index contributed by atoms with van der Waals surface area (Å²) in [5, 5.41) is 3.23. The minimum atomic E-state index is -0.810. The lowest BCUT2D eigenvalue weighted by atomic mass is 10.1. The van der Waals surface area contributed by atoms with Gasteiger partial charge < -0.3 is 9.47 Å². The van der Waals surface area contributed by atoms with E-state index in [9.17, 15) is 14.4 Å². The van der Waals surface area contributed by atoms with E-state index >= 15 is 0 Å². The molecular formula is C26H19BrCl2N2O5. The van der Waals surface area contributed by atoms with Gasteiger partial charge in [0.1, 0.15) is 12.2 Å². The van der Waals surface area contributed by atoms with Gasteiger partial charge in [-0.25, -0.2) is 9.69 Å². The molecule has 0 aromatic heterocycles. The lowest BCUT2D eigenvalue weighted by Crippen LogP contribution is -2.54. The number of halogens is 3. The van der Waals surface area contributed by atoms with Gasteiger partial charge in [-0.15, -0.1) is 0 Å². The van der Waals surface area contributed by atoms with Crippen molar-refractivity contribution in [2.75, 3.05) is 12.0 Å². The summed E-state index contributed by atoms with van der Waals surface area (Å²) in [5.74, 6) is -0.694. The third-order valence-electron chi connectivity index (χ3n) is 5.40. The maximum absolute atomic E-state index is 13.2. The number of rotatable bonds is 6. The fourth-order valence-corrected chi connectivity index (χ4v) is 4.54. The number of nitrogens with zero attached hydrogens (tertiary/aromatic N) is 1. The second-order valence-corrected chi connectivity index (χ2v) is 9.58. The zero-order chi connectivity index (χ0) is 26.0. The Hall–Kier alpha value is -3.33. The van der Waals surface area contributed by atoms with E-state index in [4.69, 9.17) is 32.7 Å². The van der Waals surface area contributed by atoms with Gasteiger partial charge in [0.05, 0.1) is 12.8 Å². The number of carbonyl (C=O) groups is 3. The standard InChI is InChI=1S/C26H19BrCl2N2O5/c1-14-9-17(27)5-7-21(14)31-25(33)19(24(32)30-26(31)34)10-15-3-8-22(23(11-15)35-2)36-13-16-4-6-18(28)12-20(16)29/h3-12H,13H2,1-2H3,(H,30,32,34)/b19-10-. The number of barbiturate groups is 1. The maximum Gasteiger partial charge on any atom is 0.335 e. The number of ether oxygens (including phenoxy) is 2. The summed E-state index contributed by atoms with van der Waals surface area (Å²) in [5.41, 5.74) is 2.11. The SMILES string of the molecule is COc1cc(/C=C2/C(=O)NC(=O)N(c3ccc(Br)cc3C)C2=O)ccc1OCc1ccc(Cl)cc1Cl. The van der Waals surface area contributed by atoms with Crippen LogP contribution in [0.5, 0.6) is 11.5 Å². The summed E-state index contributed by atoms with van der Waals surface area (Å²) in [6.45, 7) is 1.94. The van der Waals surface area contributed by atoms with Crippen LogP contribution in [-0.2, 0) is 16.2 Å². The molecule has 3 aromatic carbocycles. The van der Waals surface area contributed by atoms with Gasteiger partial charge in [-0.05, 0) is 66.6 Å². The summed E-state index contributed by atoms with van der Waals surface area (Å²) in [7, 11) is 1.48. The molecule has 1 fully saturated rings. The maximum atomic E-state index is 13.2. The number of hydrogen-bond acceptors (Lipinski definition) is 5. The molecular weight excluding hydrogens is 571 g/mol. The van der Waals surface area contributed by atoms with Gasteiger partial charge in [0.2, 0.25) is 0 Å². The first-order valence-electron chi connectivity index (χ1n) is 10.6. The Morgan fingerprint density at radius 1 is 1.00 bits per heavy atom. The number of hydrogen-bond donors (Lipinski definition) is 1. The highest BCUT2D eigenvalue weighted by Crippen LogP contribution is 2.32. The van der Waals surface area contributed by atoms with Crippen molar-refractivity contribution < 1.29 is 23.9 Å². The molecule has 4 amide bonds. The van der Waals surface area contributed by atoms with Crippen molar-refractivity contribution in [2.24, 2.45) is 0 Å².